The van der Waals surface area contributed by atoms with Gasteiger partial charge in [0.05, 0.1) is 12.4 Å². The van der Waals surface area contributed by atoms with Crippen molar-refractivity contribution in [3.63, 3.8) is 0 Å². The van der Waals surface area contributed by atoms with Crippen molar-refractivity contribution >= 4 is 9.84 Å². The van der Waals surface area contributed by atoms with E-state index in [1.807, 2.05) is 31.2 Å². The monoisotopic (exact) mass is 257 g/mol. The van der Waals surface area contributed by atoms with Gasteiger partial charge in [0, 0.05) is 12.3 Å². The Balaban J connectivity index is 2.37. The average Bonchev–Trinajstić information content (AvgIpc) is 2.24. The number of sulfone groups is 1. The van der Waals surface area contributed by atoms with Crippen molar-refractivity contribution in [2.75, 3.05) is 18.6 Å². The van der Waals surface area contributed by atoms with E-state index in [0.717, 1.165) is 11.3 Å². The Bertz CT molecular complexity index is 437. The summed E-state index contributed by atoms with van der Waals surface area (Å²) in [5, 5.41) is 0. The molecule has 1 atom stereocenters. The summed E-state index contributed by atoms with van der Waals surface area (Å²) in [4.78, 5) is 0. The minimum absolute atomic E-state index is 0.00860. The molecular formula is C12H19NO3S. The van der Waals surface area contributed by atoms with E-state index in [2.05, 4.69) is 0 Å². The van der Waals surface area contributed by atoms with Crippen molar-refractivity contribution in [2.45, 2.75) is 19.4 Å². The van der Waals surface area contributed by atoms with E-state index in [9.17, 15) is 8.42 Å². The second kappa shape index (κ2) is 6.02. The molecule has 0 spiro atoms. The van der Waals surface area contributed by atoms with Crippen LogP contribution in [0.3, 0.4) is 0 Å². The minimum Gasteiger partial charge on any atom is -0.494 e. The second-order valence-corrected chi connectivity index (χ2v) is 6.45. The number of benzene rings is 1. The van der Waals surface area contributed by atoms with Crippen molar-refractivity contribution in [2.24, 2.45) is 5.73 Å². The fraction of sp³-hybridized carbons (Fsp3) is 0.500. The third-order valence-corrected chi connectivity index (χ3v) is 3.36. The fourth-order valence-electron chi connectivity index (χ4n) is 1.38. The summed E-state index contributed by atoms with van der Waals surface area (Å²) in [6.45, 7) is 2.33. The first-order chi connectivity index (χ1) is 7.88. The molecule has 0 heterocycles. The molecule has 0 bridgehead atoms. The molecule has 0 aliphatic heterocycles. The maximum absolute atomic E-state index is 10.9. The predicted molar refractivity (Wildman–Crippen MR) is 68.9 cm³/mol. The van der Waals surface area contributed by atoms with Crippen LogP contribution in [0.15, 0.2) is 24.3 Å². The van der Waals surface area contributed by atoms with E-state index in [0.29, 0.717) is 13.0 Å². The van der Waals surface area contributed by atoms with Crippen molar-refractivity contribution in [3.8, 4) is 5.75 Å². The lowest BCUT2D eigenvalue weighted by atomic mass is 10.1. The predicted octanol–water partition coefficient (Wildman–Crippen LogP) is 1.52. The van der Waals surface area contributed by atoms with E-state index < -0.39 is 9.84 Å². The number of hydrogen-bond donors (Lipinski definition) is 1. The zero-order valence-electron chi connectivity index (χ0n) is 10.2. The van der Waals surface area contributed by atoms with Crippen molar-refractivity contribution in [1.82, 2.24) is 0 Å². The molecule has 0 aliphatic carbocycles. The van der Waals surface area contributed by atoms with E-state index in [-0.39, 0.29) is 11.8 Å². The zero-order valence-corrected chi connectivity index (χ0v) is 11.0. The lowest BCUT2D eigenvalue weighted by Gasteiger charge is -2.08. The fourth-order valence-corrected chi connectivity index (χ4v) is 2.02. The molecule has 0 amide bonds. The summed E-state index contributed by atoms with van der Waals surface area (Å²) < 4.78 is 27.2. The highest BCUT2D eigenvalue weighted by atomic mass is 32.2. The van der Waals surface area contributed by atoms with Crippen LogP contribution in [0.25, 0.3) is 0 Å². The van der Waals surface area contributed by atoms with Gasteiger partial charge in [-0.1, -0.05) is 12.1 Å². The Hall–Kier alpha value is -1.07. The van der Waals surface area contributed by atoms with Crippen LogP contribution >= 0.6 is 0 Å². The highest BCUT2D eigenvalue weighted by Crippen LogP contribution is 2.16. The van der Waals surface area contributed by atoms with Crippen LogP contribution in [0.1, 0.15) is 24.9 Å². The molecule has 96 valence electrons. The number of ether oxygens (including phenoxy) is 1. The summed E-state index contributed by atoms with van der Waals surface area (Å²) in [5.41, 5.74) is 6.78. The van der Waals surface area contributed by atoms with Crippen molar-refractivity contribution in [1.29, 1.82) is 0 Å². The van der Waals surface area contributed by atoms with Gasteiger partial charge >= 0.3 is 0 Å². The van der Waals surface area contributed by atoms with Crippen LogP contribution in [-0.2, 0) is 9.84 Å². The molecule has 4 nitrogen and oxygen atoms in total. The highest BCUT2D eigenvalue weighted by molar-refractivity contribution is 7.90. The SMILES string of the molecule is CC(N)c1ccc(OCCCS(C)(=O)=O)cc1. The lowest BCUT2D eigenvalue weighted by molar-refractivity contribution is 0.317. The molecule has 2 N–H and O–H groups in total. The molecular weight excluding hydrogens is 238 g/mol. The molecule has 0 saturated carbocycles. The van der Waals surface area contributed by atoms with Crippen molar-refractivity contribution in [3.05, 3.63) is 29.8 Å². The lowest BCUT2D eigenvalue weighted by Crippen LogP contribution is -2.08. The topological polar surface area (TPSA) is 69.4 Å². The minimum atomic E-state index is -2.89. The third kappa shape index (κ3) is 5.70. The molecule has 0 radical (unpaired) electrons. The molecule has 5 heteroatoms. The molecule has 0 aromatic heterocycles. The van der Waals surface area contributed by atoms with Crippen LogP contribution in [0.4, 0.5) is 0 Å². The van der Waals surface area contributed by atoms with Gasteiger partial charge in [0.2, 0.25) is 0 Å². The van der Waals surface area contributed by atoms with E-state index in [4.69, 9.17) is 10.5 Å². The van der Waals surface area contributed by atoms with Crippen molar-refractivity contribution < 1.29 is 13.2 Å². The standard InChI is InChI=1S/C12H19NO3S/c1-10(13)11-4-6-12(7-5-11)16-8-3-9-17(2,14)15/h4-7,10H,3,8-9,13H2,1-2H3. The number of hydrogen-bond acceptors (Lipinski definition) is 4. The van der Waals surface area contributed by atoms with E-state index in [1.165, 1.54) is 6.26 Å². The van der Waals surface area contributed by atoms with Gasteiger partial charge < -0.3 is 10.5 Å². The smallest absolute Gasteiger partial charge is 0.147 e. The summed E-state index contributed by atoms with van der Waals surface area (Å²) >= 11 is 0. The normalized spacial score (nSPS) is 13.4. The molecule has 1 aromatic rings. The van der Waals surface area contributed by atoms with Gasteiger partial charge in [-0.05, 0) is 31.0 Å². The molecule has 17 heavy (non-hydrogen) atoms. The number of nitrogens with two attached hydrogens (primary N) is 1. The molecule has 1 rings (SSSR count). The average molecular weight is 257 g/mol. The number of rotatable bonds is 6. The summed E-state index contributed by atoms with van der Waals surface area (Å²) in [6.07, 6.45) is 1.73. The zero-order chi connectivity index (χ0) is 12.9. The first kappa shape index (κ1) is 14.0. The van der Waals surface area contributed by atoms with Crippen LogP contribution in [0.5, 0.6) is 5.75 Å². The van der Waals surface area contributed by atoms with Gasteiger partial charge in [-0.2, -0.15) is 0 Å². The van der Waals surface area contributed by atoms with Gasteiger partial charge in [-0.15, -0.1) is 0 Å². The van der Waals surface area contributed by atoms with Crippen LogP contribution in [0.2, 0.25) is 0 Å². The highest BCUT2D eigenvalue weighted by Gasteiger charge is 2.02. The van der Waals surface area contributed by atoms with Gasteiger partial charge in [0.25, 0.3) is 0 Å². The summed E-state index contributed by atoms with van der Waals surface area (Å²) in [5.74, 6) is 0.896. The molecule has 0 aliphatic rings. The molecule has 0 fully saturated rings. The van der Waals surface area contributed by atoms with Crippen LogP contribution < -0.4 is 10.5 Å². The Morgan fingerprint density at radius 1 is 1.29 bits per heavy atom. The largest absolute Gasteiger partial charge is 0.494 e. The van der Waals surface area contributed by atoms with Gasteiger partial charge in [-0.3, -0.25) is 0 Å². The van der Waals surface area contributed by atoms with Crippen LogP contribution in [-0.4, -0.2) is 27.0 Å². The molecule has 1 aromatic carbocycles. The molecule has 1 unspecified atom stereocenters. The maximum atomic E-state index is 10.9. The Kier molecular flexibility index (Phi) is 4.96. The quantitative estimate of drug-likeness (QED) is 0.784. The van der Waals surface area contributed by atoms with Gasteiger partial charge in [-0.25, -0.2) is 8.42 Å². The first-order valence-corrected chi connectivity index (χ1v) is 7.60. The Morgan fingerprint density at radius 3 is 2.35 bits per heavy atom. The maximum Gasteiger partial charge on any atom is 0.147 e. The van der Waals surface area contributed by atoms with Gasteiger partial charge in [0.1, 0.15) is 15.6 Å². The second-order valence-electron chi connectivity index (χ2n) is 4.19. The summed E-state index contributed by atoms with van der Waals surface area (Å²) in [7, 11) is -2.89. The Labute approximate surface area is 103 Å². The third-order valence-electron chi connectivity index (χ3n) is 2.33. The van der Waals surface area contributed by atoms with E-state index in [1.54, 1.807) is 0 Å². The summed E-state index contributed by atoms with van der Waals surface area (Å²) in [6, 6.07) is 7.53. The molecule has 0 saturated heterocycles. The van der Waals surface area contributed by atoms with Crippen LogP contribution in [0, 0.1) is 0 Å². The Morgan fingerprint density at radius 2 is 1.88 bits per heavy atom. The van der Waals surface area contributed by atoms with E-state index >= 15 is 0 Å². The first-order valence-electron chi connectivity index (χ1n) is 5.54. The van der Waals surface area contributed by atoms with Gasteiger partial charge in [0.15, 0.2) is 0 Å².